The lowest BCUT2D eigenvalue weighted by molar-refractivity contribution is -0.120. The van der Waals surface area contributed by atoms with E-state index in [4.69, 9.17) is 16.3 Å². The number of hydrogen-bond acceptors (Lipinski definition) is 4. The maximum absolute atomic E-state index is 12.5. The van der Waals surface area contributed by atoms with Crippen LogP contribution in [0.3, 0.4) is 0 Å². The minimum absolute atomic E-state index is 0.00812. The number of carbonyl (C=O) groups excluding carboxylic acids is 2. The molecule has 5 nitrogen and oxygen atoms in total. The van der Waals surface area contributed by atoms with Gasteiger partial charge in [-0.05, 0) is 24.3 Å². The number of anilines is 1. The van der Waals surface area contributed by atoms with E-state index in [2.05, 4.69) is 4.99 Å². The molecule has 1 saturated heterocycles. The Morgan fingerprint density at radius 2 is 1.83 bits per heavy atom. The van der Waals surface area contributed by atoms with E-state index in [1.165, 1.54) is 7.11 Å². The number of hydrogen-bond donors (Lipinski definition) is 0. The number of halogens is 1. The molecule has 0 bridgehead atoms. The van der Waals surface area contributed by atoms with Gasteiger partial charge in [-0.2, -0.15) is 0 Å². The minimum atomic E-state index is -1.10. The Balaban J connectivity index is 1.99. The third-order valence-electron chi connectivity index (χ3n) is 3.42. The Kier molecular flexibility index (Phi) is 4.12. The number of rotatable bonds is 3. The van der Waals surface area contributed by atoms with E-state index in [1.807, 2.05) is 0 Å². The molecule has 2 amide bonds. The highest BCUT2D eigenvalue weighted by Gasteiger charge is 2.44. The zero-order valence-corrected chi connectivity index (χ0v) is 13.0. The van der Waals surface area contributed by atoms with Gasteiger partial charge in [-0.25, -0.2) is 9.89 Å². The Hall–Kier alpha value is -2.66. The quantitative estimate of drug-likeness (QED) is 0.643. The molecule has 0 aliphatic carbocycles. The molecule has 2 aromatic rings. The number of para-hydroxylation sites is 1. The van der Waals surface area contributed by atoms with E-state index in [9.17, 15) is 9.59 Å². The van der Waals surface area contributed by atoms with Gasteiger partial charge >= 0.3 is 0 Å². The van der Waals surface area contributed by atoms with Crippen molar-refractivity contribution in [2.75, 3.05) is 12.0 Å². The first-order valence-electron chi connectivity index (χ1n) is 6.92. The second kappa shape index (κ2) is 6.22. The second-order valence-corrected chi connectivity index (χ2v) is 5.31. The van der Waals surface area contributed by atoms with Crippen molar-refractivity contribution in [3.8, 4) is 5.75 Å². The van der Waals surface area contributed by atoms with Gasteiger partial charge in [0.2, 0.25) is 0 Å². The maximum atomic E-state index is 12.5. The van der Waals surface area contributed by atoms with Crippen LogP contribution < -0.4 is 9.64 Å². The van der Waals surface area contributed by atoms with Gasteiger partial charge in [0.1, 0.15) is 11.5 Å². The SMILES string of the molecule is COc1cccc(N=C2C(=O)N(c3ccccc3)C(=O)C2Cl)c1. The van der Waals surface area contributed by atoms with Crippen molar-refractivity contribution in [2.24, 2.45) is 4.99 Å². The molecule has 0 spiro atoms. The van der Waals surface area contributed by atoms with Crippen LogP contribution in [0.4, 0.5) is 11.4 Å². The smallest absolute Gasteiger partial charge is 0.281 e. The fourth-order valence-corrected chi connectivity index (χ4v) is 2.54. The Labute approximate surface area is 138 Å². The van der Waals surface area contributed by atoms with E-state index in [1.54, 1.807) is 54.6 Å². The van der Waals surface area contributed by atoms with Gasteiger partial charge in [-0.1, -0.05) is 24.3 Å². The first kappa shape index (κ1) is 15.2. The number of carbonyl (C=O) groups is 2. The van der Waals surface area contributed by atoms with Crippen molar-refractivity contribution in [1.29, 1.82) is 0 Å². The van der Waals surface area contributed by atoms with Crippen LogP contribution in [-0.2, 0) is 9.59 Å². The summed E-state index contributed by atoms with van der Waals surface area (Å²) in [6, 6.07) is 15.5. The van der Waals surface area contributed by atoms with Gasteiger partial charge in [0, 0.05) is 6.07 Å². The largest absolute Gasteiger partial charge is 0.497 e. The van der Waals surface area contributed by atoms with E-state index in [-0.39, 0.29) is 5.71 Å². The lowest BCUT2D eigenvalue weighted by Crippen LogP contribution is -2.31. The van der Waals surface area contributed by atoms with Crippen molar-refractivity contribution in [3.63, 3.8) is 0 Å². The van der Waals surface area contributed by atoms with Gasteiger partial charge in [0.25, 0.3) is 11.8 Å². The molecule has 0 aromatic heterocycles. The van der Waals surface area contributed by atoms with Gasteiger partial charge < -0.3 is 4.74 Å². The van der Waals surface area contributed by atoms with Crippen molar-refractivity contribution in [2.45, 2.75) is 5.38 Å². The maximum Gasteiger partial charge on any atom is 0.281 e. The van der Waals surface area contributed by atoms with Crippen LogP contribution in [-0.4, -0.2) is 30.0 Å². The highest BCUT2D eigenvalue weighted by molar-refractivity contribution is 6.68. The number of aliphatic imine (C=N–C) groups is 1. The summed E-state index contributed by atoms with van der Waals surface area (Å²) >= 11 is 6.12. The van der Waals surface area contributed by atoms with Crippen LogP contribution in [0.25, 0.3) is 0 Å². The number of nitrogens with zero attached hydrogens (tertiary/aromatic N) is 2. The van der Waals surface area contributed by atoms with Crippen LogP contribution in [0.2, 0.25) is 0 Å². The fourth-order valence-electron chi connectivity index (χ4n) is 2.30. The molecule has 6 heteroatoms. The van der Waals surface area contributed by atoms with Crippen LogP contribution in [0, 0.1) is 0 Å². The molecular weight excluding hydrogens is 316 g/mol. The molecule has 1 atom stereocenters. The molecule has 0 N–H and O–H groups in total. The molecule has 1 aliphatic heterocycles. The first-order valence-corrected chi connectivity index (χ1v) is 7.35. The number of imide groups is 1. The van der Waals surface area contributed by atoms with Crippen LogP contribution in [0.5, 0.6) is 5.75 Å². The zero-order valence-electron chi connectivity index (χ0n) is 12.3. The molecule has 3 rings (SSSR count). The number of benzene rings is 2. The molecule has 0 radical (unpaired) electrons. The number of ether oxygens (including phenoxy) is 1. The summed E-state index contributed by atoms with van der Waals surface area (Å²) in [5, 5.41) is -1.10. The molecule has 1 fully saturated rings. The van der Waals surface area contributed by atoms with Gasteiger partial charge in [0.05, 0.1) is 18.5 Å². The minimum Gasteiger partial charge on any atom is -0.497 e. The standard InChI is InChI=1S/C17H13ClN2O3/c1-23-13-9-5-6-11(10-13)19-15-14(18)16(21)20(17(15)22)12-7-3-2-4-8-12/h2-10,14H,1H3. The summed E-state index contributed by atoms with van der Waals surface area (Å²) in [5.74, 6) is -0.400. The summed E-state index contributed by atoms with van der Waals surface area (Å²) < 4.78 is 5.12. The molecule has 1 heterocycles. The zero-order chi connectivity index (χ0) is 16.4. The van der Waals surface area contributed by atoms with Crippen LogP contribution in [0.15, 0.2) is 59.6 Å². The van der Waals surface area contributed by atoms with E-state index >= 15 is 0 Å². The van der Waals surface area contributed by atoms with Crippen LogP contribution >= 0.6 is 11.6 Å². The first-order chi connectivity index (χ1) is 11.1. The predicted octanol–water partition coefficient (Wildman–Crippen LogP) is 2.95. The Morgan fingerprint density at radius 3 is 2.52 bits per heavy atom. The summed E-state index contributed by atoms with van der Waals surface area (Å²) in [4.78, 5) is 30.2. The lowest BCUT2D eigenvalue weighted by atomic mass is 10.2. The van der Waals surface area contributed by atoms with E-state index in [0.29, 0.717) is 17.1 Å². The van der Waals surface area contributed by atoms with Crippen LogP contribution in [0.1, 0.15) is 0 Å². The molecule has 116 valence electrons. The molecule has 1 unspecified atom stereocenters. The van der Waals surface area contributed by atoms with Gasteiger partial charge in [0.15, 0.2) is 5.38 Å². The Morgan fingerprint density at radius 1 is 1.09 bits per heavy atom. The van der Waals surface area contributed by atoms with Crippen molar-refractivity contribution >= 4 is 40.5 Å². The number of methoxy groups -OCH3 is 1. The molecule has 23 heavy (non-hydrogen) atoms. The molecular formula is C17H13ClN2O3. The van der Waals surface area contributed by atoms with Gasteiger partial charge in [-0.15, -0.1) is 11.6 Å². The third kappa shape index (κ3) is 2.83. The van der Waals surface area contributed by atoms with E-state index in [0.717, 1.165) is 4.90 Å². The lowest BCUT2D eigenvalue weighted by Gasteiger charge is -2.12. The fraction of sp³-hybridized carbons (Fsp3) is 0.118. The van der Waals surface area contributed by atoms with Crippen molar-refractivity contribution in [3.05, 3.63) is 54.6 Å². The summed E-state index contributed by atoms with van der Waals surface area (Å²) in [6.07, 6.45) is 0. The number of amides is 2. The third-order valence-corrected chi connectivity index (χ3v) is 3.81. The molecule has 0 saturated carbocycles. The summed E-state index contributed by atoms with van der Waals surface area (Å²) in [6.45, 7) is 0. The highest BCUT2D eigenvalue weighted by Crippen LogP contribution is 2.27. The average molecular weight is 329 g/mol. The monoisotopic (exact) mass is 328 g/mol. The average Bonchev–Trinajstić information content (AvgIpc) is 2.79. The van der Waals surface area contributed by atoms with Crippen molar-refractivity contribution in [1.82, 2.24) is 0 Å². The van der Waals surface area contributed by atoms with Gasteiger partial charge in [-0.3, -0.25) is 9.59 Å². The number of alkyl halides is 1. The highest BCUT2D eigenvalue weighted by atomic mass is 35.5. The Bertz CT molecular complexity index is 789. The second-order valence-electron chi connectivity index (χ2n) is 4.88. The predicted molar refractivity (Wildman–Crippen MR) is 88.7 cm³/mol. The van der Waals surface area contributed by atoms with E-state index < -0.39 is 17.2 Å². The summed E-state index contributed by atoms with van der Waals surface area (Å²) in [7, 11) is 1.54. The topological polar surface area (TPSA) is 59.0 Å². The summed E-state index contributed by atoms with van der Waals surface area (Å²) in [5.41, 5.74) is 0.985. The molecule has 1 aliphatic rings. The molecule has 2 aromatic carbocycles. The van der Waals surface area contributed by atoms with Crippen molar-refractivity contribution < 1.29 is 14.3 Å². The normalized spacial score (nSPS) is 19.5.